The second-order valence-corrected chi connectivity index (χ2v) is 5.59. The predicted molar refractivity (Wildman–Crippen MR) is 83.3 cm³/mol. The van der Waals surface area contributed by atoms with Crippen molar-refractivity contribution in [2.75, 3.05) is 20.8 Å². The first-order chi connectivity index (χ1) is 10.3. The van der Waals surface area contributed by atoms with Gasteiger partial charge in [0, 0.05) is 17.7 Å². The van der Waals surface area contributed by atoms with Crippen LogP contribution in [-0.2, 0) is 6.54 Å². The molecule has 2 aromatic rings. The van der Waals surface area contributed by atoms with Crippen molar-refractivity contribution < 1.29 is 13.9 Å². The Hall–Kier alpha value is -1.68. The van der Waals surface area contributed by atoms with Gasteiger partial charge in [-0.2, -0.15) is 0 Å². The Morgan fingerprint density at radius 3 is 2.67 bits per heavy atom. The minimum absolute atomic E-state index is 0.618. The van der Waals surface area contributed by atoms with E-state index in [0.717, 1.165) is 47.7 Å². The van der Waals surface area contributed by atoms with E-state index < -0.39 is 0 Å². The fraction of sp³-hybridized carbons (Fsp3) is 0.529. The van der Waals surface area contributed by atoms with Gasteiger partial charge in [0.15, 0.2) is 0 Å². The second kappa shape index (κ2) is 5.98. The molecule has 0 atom stereocenters. The molecule has 1 fully saturated rings. The number of ether oxygens (including phenoxy) is 2. The number of hydrogen-bond donors (Lipinski definition) is 1. The molecule has 1 N–H and O–H groups in total. The molecule has 0 unspecified atom stereocenters. The Morgan fingerprint density at radius 1 is 1.24 bits per heavy atom. The maximum absolute atomic E-state index is 6.11. The largest absolute Gasteiger partial charge is 0.496 e. The van der Waals surface area contributed by atoms with Gasteiger partial charge in [-0.25, -0.2) is 0 Å². The van der Waals surface area contributed by atoms with Crippen molar-refractivity contribution in [2.45, 2.75) is 38.6 Å². The summed E-state index contributed by atoms with van der Waals surface area (Å²) in [4.78, 5) is 0. The van der Waals surface area contributed by atoms with E-state index in [0.29, 0.717) is 5.92 Å². The SMILES string of the molecule is CCCNCc1oc2cc(OC)cc(OC)c2c1C1CC1. The Balaban J connectivity index is 2.08. The summed E-state index contributed by atoms with van der Waals surface area (Å²) >= 11 is 0. The molecule has 0 saturated heterocycles. The average Bonchev–Trinajstić information content (AvgIpc) is 3.27. The number of hydrogen-bond acceptors (Lipinski definition) is 4. The van der Waals surface area contributed by atoms with Crippen LogP contribution in [0.1, 0.15) is 43.4 Å². The number of methoxy groups -OCH3 is 2. The summed E-state index contributed by atoms with van der Waals surface area (Å²) in [7, 11) is 3.36. The van der Waals surface area contributed by atoms with Gasteiger partial charge < -0.3 is 19.2 Å². The zero-order chi connectivity index (χ0) is 14.8. The number of fused-ring (bicyclic) bond motifs is 1. The van der Waals surface area contributed by atoms with E-state index in [9.17, 15) is 0 Å². The molecule has 3 rings (SSSR count). The standard InChI is InChI=1S/C17H23NO3/c1-4-7-18-10-15-16(11-5-6-11)17-13(20-3)8-12(19-2)9-14(17)21-15/h8-9,11,18H,4-7,10H2,1-3H3. The highest BCUT2D eigenvalue weighted by molar-refractivity contribution is 5.90. The highest BCUT2D eigenvalue weighted by Gasteiger charge is 2.32. The summed E-state index contributed by atoms with van der Waals surface area (Å²) in [6.07, 6.45) is 3.60. The fourth-order valence-electron chi connectivity index (χ4n) is 2.83. The van der Waals surface area contributed by atoms with Gasteiger partial charge in [0.2, 0.25) is 0 Å². The lowest BCUT2D eigenvalue weighted by molar-refractivity contribution is 0.396. The Kier molecular flexibility index (Phi) is 4.06. The molecule has 1 saturated carbocycles. The van der Waals surface area contributed by atoms with Crippen molar-refractivity contribution in [3.05, 3.63) is 23.5 Å². The molecular weight excluding hydrogens is 266 g/mol. The molecular formula is C17H23NO3. The van der Waals surface area contributed by atoms with E-state index in [1.165, 1.54) is 18.4 Å². The molecule has 1 aliphatic rings. The topological polar surface area (TPSA) is 43.6 Å². The van der Waals surface area contributed by atoms with Crippen molar-refractivity contribution in [2.24, 2.45) is 0 Å². The van der Waals surface area contributed by atoms with Gasteiger partial charge in [-0.05, 0) is 31.7 Å². The maximum atomic E-state index is 6.11. The summed E-state index contributed by atoms with van der Waals surface area (Å²) < 4.78 is 17.0. The van der Waals surface area contributed by atoms with Crippen LogP contribution in [0.25, 0.3) is 11.0 Å². The average molecular weight is 289 g/mol. The fourth-order valence-corrected chi connectivity index (χ4v) is 2.83. The summed E-state index contributed by atoms with van der Waals surface area (Å²) in [5.74, 6) is 3.28. The predicted octanol–water partition coefficient (Wildman–Crippen LogP) is 3.83. The zero-order valence-corrected chi connectivity index (χ0v) is 13.0. The first kappa shape index (κ1) is 14.3. The molecule has 4 heteroatoms. The van der Waals surface area contributed by atoms with Crippen LogP contribution in [-0.4, -0.2) is 20.8 Å². The van der Waals surface area contributed by atoms with Crippen molar-refractivity contribution in [1.29, 1.82) is 0 Å². The van der Waals surface area contributed by atoms with Crippen molar-refractivity contribution in [3.8, 4) is 11.5 Å². The molecule has 0 spiro atoms. The first-order valence-electron chi connectivity index (χ1n) is 7.66. The van der Waals surface area contributed by atoms with Gasteiger partial charge in [0.1, 0.15) is 22.8 Å². The first-order valence-corrected chi connectivity index (χ1v) is 7.66. The number of benzene rings is 1. The maximum Gasteiger partial charge on any atom is 0.142 e. The summed E-state index contributed by atoms with van der Waals surface area (Å²) in [6, 6.07) is 3.89. The highest BCUT2D eigenvalue weighted by atomic mass is 16.5. The lowest BCUT2D eigenvalue weighted by Crippen LogP contribution is -2.14. The Morgan fingerprint density at radius 2 is 2.05 bits per heavy atom. The molecule has 1 aromatic carbocycles. The molecule has 4 nitrogen and oxygen atoms in total. The third-order valence-corrected chi connectivity index (χ3v) is 4.00. The molecule has 0 amide bonds. The van der Waals surface area contributed by atoms with Crippen LogP contribution >= 0.6 is 0 Å². The summed E-state index contributed by atoms with van der Waals surface area (Å²) in [5, 5.41) is 4.56. The highest BCUT2D eigenvalue weighted by Crippen LogP contribution is 2.49. The van der Waals surface area contributed by atoms with Crippen LogP contribution in [0, 0.1) is 0 Å². The van der Waals surface area contributed by atoms with Gasteiger partial charge in [-0.3, -0.25) is 0 Å². The van der Waals surface area contributed by atoms with Crippen LogP contribution in [0.3, 0.4) is 0 Å². The van der Waals surface area contributed by atoms with E-state index in [2.05, 4.69) is 12.2 Å². The summed E-state index contributed by atoms with van der Waals surface area (Å²) in [6.45, 7) is 3.95. The van der Waals surface area contributed by atoms with Crippen LogP contribution in [0.2, 0.25) is 0 Å². The lowest BCUT2D eigenvalue weighted by Gasteiger charge is -2.07. The Bertz CT molecular complexity index is 628. The number of furan rings is 1. The van der Waals surface area contributed by atoms with E-state index >= 15 is 0 Å². The van der Waals surface area contributed by atoms with Crippen LogP contribution in [0.4, 0.5) is 0 Å². The quantitative estimate of drug-likeness (QED) is 0.787. The molecule has 0 aliphatic heterocycles. The van der Waals surface area contributed by atoms with Crippen molar-refractivity contribution in [3.63, 3.8) is 0 Å². The van der Waals surface area contributed by atoms with Crippen LogP contribution in [0.5, 0.6) is 11.5 Å². The Labute approximate surface area is 125 Å². The molecule has 0 bridgehead atoms. The smallest absolute Gasteiger partial charge is 0.142 e. The zero-order valence-electron chi connectivity index (χ0n) is 13.0. The van der Waals surface area contributed by atoms with Gasteiger partial charge in [-0.1, -0.05) is 6.92 Å². The normalized spacial score (nSPS) is 14.6. The summed E-state index contributed by atoms with van der Waals surface area (Å²) in [5.41, 5.74) is 2.19. The molecule has 0 radical (unpaired) electrons. The monoisotopic (exact) mass is 289 g/mol. The molecule has 114 valence electrons. The molecule has 21 heavy (non-hydrogen) atoms. The molecule has 1 aliphatic carbocycles. The van der Waals surface area contributed by atoms with Gasteiger partial charge in [-0.15, -0.1) is 0 Å². The van der Waals surface area contributed by atoms with Crippen molar-refractivity contribution >= 4 is 11.0 Å². The second-order valence-electron chi connectivity index (χ2n) is 5.59. The van der Waals surface area contributed by atoms with E-state index in [1.807, 2.05) is 12.1 Å². The van der Waals surface area contributed by atoms with Crippen LogP contribution < -0.4 is 14.8 Å². The number of rotatable bonds is 7. The van der Waals surface area contributed by atoms with Gasteiger partial charge >= 0.3 is 0 Å². The van der Waals surface area contributed by atoms with E-state index in [1.54, 1.807) is 14.2 Å². The molecule has 1 aromatic heterocycles. The third kappa shape index (κ3) is 2.72. The lowest BCUT2D eigenvalue weighted by atomic mass is 10.0. The minimum atomic E-state index is 0.618. The van der Waals surface area contributed by atoms with E-state index in [-0.39, 0.29) is 0 Å². The third-order valence-electron chi connectivity index (χ3n) is 4.00. The minimum Gasteiger partial charge on any atom is -0.496 e. The van der Waals surface area contributed by atoms with Crippen molar-refractivity contribution in [1.82, 2.24) is 5.32 Å². The van der Waals surface area contributed by atoms with Gasteiger partial charge in [0.05, 0.1) is 26.2 Å². The number of nitrogens with one attached hydrogen (secondary N) is 1. The molecule has 1 heterocycles. The van der Waals surface area contributed by atoms with Crippen LogP contribution in [0.15, 0.2) is 16.5 Å². The van der Waals surface area contributed by atoms with Gasteiger partial charge in [0.25, 0.3) is 0 Å². The van der Waals surface area contributed by atoms with E-state index in [4.69, 9.17) is 13.9 Å².